The summed E-state index contributed by atoms with van der Waals surface area (Å²) in [5, 5.41) is 15.2. The molecular weight excluding hydrogens is 288 g/mol. The van der Waals surface area contributed by atoms with E-state index in [9.17, 15) is 14.4 Å². The molecule has 2 N–H and O–H groups in total. The number of nitrogens with one attached hydrogen (secondary N) is 1. The summed E-state index contributed by atoms with van der Waals surface area (Å²) in [5.41, 5.74) is 0.431. The summed E-state index contributed by atoms with van der Waals surface area (Å²) < 4.78 is 1.23. The Bertz CT molecular complexity index is 581. The lowest BCUT2D eigenvalue weighted by atomic mass is 10.1. The molecule has 0 aliphatic carbocycles. The molecule has 1 aromatic rings. The molecule has 22 heavy (non-hydrogen) atoms. The number of hydrogen-bond donors (Lipinski definition) is 2. The smallest absolute Gasteiger partial charge is 0.325 e. The molecule has 0 bridgehead atoms. The molecule has 1 atom stereocenters. The highest BCUT2D eigenvalue weighted by molar-refractivity contribution is 5.97. The van der Waals surface area contributed by atoms with Gasteiger partial charge in [0.15, 0.2) is 0 Å². The van der Waals surface area contributed by atoms with E-state index in [1.54, 1.807) is 4.90 Å². The summed E-state index contributed by atoms with van der Waals surface area (Å²) in [6, 6.07) is 0. The van der Waals surface area contributed by atoms with E-state index < -0.39 is 5.97 Å². The van der Waals surface area contributed by atoms with Gasteiger partial charge in [0.2, 0.25) is 11.8 Å². The summed E-state index contributed by atoms with van der Waals surface area (Å²) in [6.07, 6.45) is 3.06. The summed E-state index contributed by atoms with van der Waals surface area (Å²) >= 11 is 0. The number of carbonyl (C=O) groups is 3. The van der Waals surface area contributed by atoms with Crippen molar-refractivity contribution in [3.05, 3.63) is 12.4 Å². The second-order valence-corrected chi connectivity index (χ2v) is 5.90. The highest BCUT2D eigenvalue weighted by Crippen LogP contribution is 2.20. The summed E-state index contributed by atoms with van der Waals surface area (Å²) in [5.74, 6) is -1.27. The van der Waals surface area contributed by atoms with Crippen LogP contribution in [0.4, 0.5) is 5.69 Å². The quantitative estimate of drug-likeness (QED) is 0.792. The number of carbonyl (C=O) groups excluding carboxylic acids is 2. The molecule has 8 heteroatoms. The third-order valence-corrected chi connectivity index (χ3v) is 3.37. The van der Waals surface area contributed by atoms with Crippen LogP contribution in [0.1, 0.15) is 20.3 Å². The van der Waals surface area contributed by atoms with Crippen LogP contribution in [0.2, 0.25) is 0 Å². The van der Waals surface area contributed by atoms with Gasteiger partial charge in [0, 0.05) is 25.7 Å². The van der Waals surface area contributed by atoms with Crippen LogP contribution < -0.4 is 5.32 Å². The number of amides is 2. The molecule has 1 saturated heterocycles. The maximum absolute atomic E-state index is 12.2. The van der Waals surface area contributed by atoms with Crippen molar-refractivity contribution in [3.63, 3.8) is 0 Å². The van der Waals surface area contributed by atoms with E-state index in [0.717, 1.165) is 0 Å². The van der Waals surface area contributed by atoms with E-state index in [-0.39, 0.29) is 30.7 Å². The minimum Gasteiger partial charge on any atom is -0.480 e. The molecule has 1 fully saturated rings. The maximum Gasteiger partial charge on any atom is 0.325 e. The van der Waals surface area contributed by atoms with Gasteiger partial charge in [-0.2, -0.15) is 5.10 Å². The molecular formula is C14H20N4O4. The van der Waals surface area contributed by atoms with Crippen LogP contribution in [-0.4, -0.2) is 50.7 Å². The van der Waals surface area contributed by atoms with Crippen molar-refractivity contribution in [2.45, 2.75) is 26.8 Å². The van der Waals surface area contributed by atoms with Crippen molar-refractivity contribution in [2.24, 2.45) is 11.8 Å². The van der Waals surface area contributed by atoms with Crippen LogP contribution in [0, 0.1) is 11.8 Å². The Morgan fingerprint density at radius 1 is 1.50 bits per heavy atom. The molecule has 1 aliphatic rings. The second-order valence-electron chi connectivity index (χ2n) is 5.90. The molecule has 1 aromatic heterocycles. The molecule has 1 unspecified atom stereocenters. The number of hydrogen-bond acceptors (Lipinski definition) is 4. The molecule has 2 amide bonds. The van der Waals surface area contributed by atoms with Crippen LogP contribution in [0.3, 0.4) is 0 Å². The van der Waals surface area contributed by atoms with Crippen molar-refractivity contribution >= 4 is 23.5 Å². The third-order valence-electron chi connectivity index (χ3n) is 3.37. The molecule has 0 aromatic carbocycles. The van der Waals surface area contributed by atoms with Gasteiger partial charge < -0.3 is 15.3 Å². The van der Waals surface area contributed by atoms with Crippen LogP contribution in [0.15, 0.2) is 12.4 Å². The highest BCUT2D eigenvalue weighted by Gasteiger charge is 2.34. The van der Waals surface area contributed by atoms with Crippen molar-refractivity contribution in [2.75, 3.05) is 18.4 Å². The van der Waals surface area contributed by atoms with Gasteiger partial charge in [0.1, 0.15) is 6.54 Å². The van der Waals surface area contributed by atoms with Gasteiger partial charge in [-0.15, -0.1) is 0 Å². The van der Waals surface area contributed by atoms with Crippen LogP contribution >= 0.6 is 0 Å². The van der Waals surface area contributed by atoms with Gasteiger partial charge in [-0.05, 0) is 5.92 Å². The average Bonchev–Trinajstić information content (AvgIpc) is 2.96. The summed E-state index contributed by atoms with van der Waals surface area (Å²) in [7, 11) is 0. The number of carboxylic acid groups (broad SMARTS) is 1. The van der Waals surface area contributed by atoms with Crippen LogP contribution in [0.25, 0.3) is 0 Å². The lowest BCUT2D eigenvalue weighted by molar-refractivity contribution is -0.138. The number of rotatable bonds is 6. The first-order chi connectivity index (χ1) is 10.3. The first kappa shape index (κ1) is 16.0. The van der Waals surface area contributed by atoms with Gasteiger partial charge in [-0.3, -0.25) is 19.1 Å². The van der Waals surface area contributed by atoms with E-state index in [0.29, 0.717) is 24.7 Å². The number of carboxylic acids is 1. The Balaban J connectivity index is 1.91. The monoisotopic (exact) mass is 308 g/mol. The summed E-state index contributed by atoms with van der Waals surface area (Å²) in [4.78, 5) is 36.3. The predicted molar refractivity (Wildman–Crippen MR) is 78.0 cm³/mol. The molecule has 2 heterocycles. The zero-order valence-corrected chi connectivity index (χ0v) is 12.7. The Morgan fingerprint density at radius 3 is 2.86 bits per heavy atom. The number of nitrogens with zero attached hydrogens (tertiary/aromatic N) is 3. The molecule has 1 aliphatic heterocycles. The summed E-state index contributed by atoms with van der Waals surface area (Å²) in [6.45, 7) is 4.86. The molecule has 0 spiro atoms. The number of likely N-dealkylation sites (tertiary alicyclic amines) is 1. The molecule has 0 radical (unpaired) electrons. The van der Waals surface area contributed by atoms with Gasteiger partial charge in [-0.25, -0.2) is 0 Å². The number of aromatic nitrogens is 2. The Labute approximate surface area is 128 Å². The highest BCUT2D eigenvalue weighted by atomic mass is 16.4. The van der Waals surface area contributed by atoms with E-state index >= 15 is 0 Å². The Hall–Kier alpha value is -2.38. The maximum atomic E-state index is 12.2. The molecule has 120 valence electrons. The molecule has 2 rings (SSSR count). The largest absolute Gasteiger partial charge is 0.480 e. The fourth-order valence-electron chi connectivity index (χ4n) is 2.46. The van der Waals surface area contributed by atoms with E-state index in [1.165, 1.54) is 17.1 Å². The third kappa shape index (κ3) is 4.06. The van der Waals surface area contributed by atoms with Gasteiger partial charge in [0.05, 0.1) is 17.8 Å². The lowest BCUT2D eigenvalue weighted by Crippen LogP contribution is -2.31. The van der Waals surface area contributed by atoms with Crippen molar-refractivity contribution in [1.29, 1.82) is 0 Å². The second kappa shape index (κ2) is 6.59. The SMILES string of the molecule is CC(C)CN1CC(C(=O)Nc2cnn(CC(=O)O)c2)CC1=O. The minimum atomic E-state index is -1.01. The predicted octanol–water partition coefficient (Wildman–Crippen LogP) is 0.411. The zero-order valence-electron chi connectivity index (χ0n) is 12.7. The van der Waals surface area contributed by atoms with Crippen molar-refractivity contribution in [3.8, 4) is 0 Å². The fraction of sp³-hybridized carbons (Fsp3) is 0.571. The van der Waals surface area contributed by atoms with Crippen LogP contribution in [0.5, 0.6) is 0 Å². The molecule has 8 nitrogen and oxygen atoms in total. The van der Waals surface area contributed by atoms with Gasteiger partial charge in [-0.1, -0.05) is 13.8 Å². The normalized spacial score (nSPS) is 18.0. The minimum absolute atomic E-state index is 0.00424. The van der Waals surface area contributed by atoms with Crippen molar-refractivity contribution in [1.82, 2.24) is 14.7 Å². The molecule has 0 saturated carbocycles. The first-order valence-corrected chi connectivity index (χ1v) is 7.18. The first-order valence-electron chi connectivity index (χ1n) is 7.18. The van der Waals surface area contributed by atoms with Gasteiger partial charge in [0.25, 0.3) is 0 Å². The number of aliphatic carboxylic acids is 1. The van der Waals surface area contributed by atoms with Gasteiger partial charge >= 0.3 is 5.97 Å². The average molecular weight is 308 g/mol. The van der Waals surface area contributed by atoms with E-state index in [1.807, 2.05) is 13.8 Å². The fourth-order valence-corrected chi connectivity index (χ4v) is 2.46. The zero-order chi connectivity index (χ0) is 16.3. The lowest BCUT2D eigenvalue weighted by Gasteiger charge is -2.18. The number of anilines is 1. The standard InChI is InChI=1S/C14H20N4O4/c1-9(2)5-17-6-10(3-12(17)19)14(22)16-11-4-15-18(7-11)8-13(20)21/h4,7,9-10H,3,5-6,8H2,1-2H3,(H,16,22)(H,20,21). The van der Waals surface area contributed by atoms with Crippen molar-refractivity contribution < 1.29 is 19.5 Å². The van der Waals surface area contributed by atoms with E-state index in [2.05, 4.69) is 10.4 Å². The Kier molecular flexibility index (Phi) is 4.79. The Morgan fingerprint density at radius 2 is 2.23 bits per heavy atom. The van der Waals surface area contributed by atoms with E-state index in [4.69, 9.17) is 5.11 Å². The van der Waals surface area contributed by atoms with Crippen LogP contribution in [-0.2, 0) is 20.9 Å². The topological polar surface area (TPSA) is 105 Å².